The van der Waals surface area contributed by atoms with Crippen LogP contribution < -0.4 is 11.1 Å². The maximum absolute atomic E-state index is 13.9. The molecule has 25 heavy (non-hydrogen) atoms. The fourth-order valence-electron chi connectivity index (χ4n) is 2.89. The Bertz CT molecular complexity index is 879. The standard InChI is InChI=1S/C17H17FN6O/c18-13-3-1-2-4-14(13)22-16-12-10-24(6-5-15(12)25-23-16)9-11-7-20-17(19)21-8-11/h1-4,7-8H,5-6,9-10H2,(H,22,23)(H2,19,20,21). The molecule has 2 aromatic heterocycles. The molecule has 128 valence electrons. The molecule has 0 saturated carbocycles. The number of hydrogen-bond acceptors (Lipinski definition) is 7. The van der Waals surface area contributed by atoms with Gasteiger partial charge < -0.3 is 15.6 Å². The van der Waals surface area contributed by atoms with Crippen molar-refractivity contribution in [2.75, 3.05) is 17.6 Å². The zero-order chi connectivity index (χ0) is 17.2. The summed E-state index contributed by atoms with van der Waals surface area (Å²) in [5, 5.41) is 7.09. The van der Waals surface area contributed by atoms with E-state index in [-0.39, 0.29) is 11.8 Å². The highest BCUT2D eigenvalue weighted by Crippen LogP contribution is 2.29. The third kappa shape index (κ3) is 3.29. The van der Waals surface area contributed by atoms with E-state index in [0.29, 0.717) is 24.6 Å². The van der Waals surface area contributed by atoms with E-state index in [1.54, 1.807) is 30.6 Å². The maximum Gasteiger partial charge on any atom is 0.219 e. The third-order valence-electron chi connectivity index (χ3n) is 4.16. The Hall–Kier alpha value is -3.00. The number of benzene rings is 1. The molecule has 1 aromatic carbocycles. The first kappa shape index (κ1) is 15.5. The van der Waals surface area contributed by atoms with E-state index in [2.05, 4.69) is 25.3 Å². The van der Waals surface area contributed by atoms with Crippen LogP contribution in [0.2, 0.25) is 0 Å². The Morgan fingerprint density at radius 2 is 2.04 bits per heavy atom. The number of nitrogens with one attached hydrogen (secondary N) is 1. The van der Waals surface area contributed by atoms with Crippen LogP contribution in [0.5, 0.6) is 0 Å². The minimum Gasteiger partial charge on any atom is -0.368 e. The summed E-state index contributed by atoms with van der Waals surface area (Å²) in [6, 6.07) is 6.49. The molecule has 3 heterocycles. The van der Waals surface area contributed by atoms with Gasteiger partial charge in [0.25, 0.3) is 0 Å². The molecule has 0 atom stereocenters. The number of nitrogens with zero attached hydrogens (tertiary/aromatic N) is 4. The van der Waals surface area contributed by atoms with Crippen molar-refractivity contribution >= 4 is 17.5 Å². The number of rotatable bonds is 4. The summed E-state index contributed by atoms with van der Waals surface area (Å²) < 4.78 is 19.3. The van der Waals surface area contributed by atoms with Crippen LogP contribution >= 0.6 is 0 Å². The second-order valence-electron chi connectivity index (χ2n) is 5.95. The SMILES string of the molecule is Nc1ncc(CN2CCc3onc(Nc4ccccc4F)c3C2)cn1. The van der Waals surface area contributed by atoms with Crippen LogP contribution in [0, 0.1) is 5.82 Å². The molecule has 0 saturated heterocycles. The molecule has 1 aliphatic heterocycles. The quantitative estimate of drug-likeness (QED) is 0.753. The van der Waals surface area contributed by atoms with Crippen LogP contribution in [0.25, 0.3) is 0 Å². The van der Waals surface area contributed by atoms with E-state index in [9.17, 15) is 4.39 Å². The second kappa shape index (κ2) is 6.48. The number of anilines is 3. The smallest absolute Gasteiger partial charge is 0.219 e. The minimum absolute atomic E-state index is 0.264. The zero-order valence-corrected chi connectivity index (χ0v) is 13.4. The van der Waals surface area contributed by atoms with Crippen LogP contribution in [-0.4, -0.2) is 26.6 Å². The summed E-state index contributed by atoms with van der Waals surface area (Å²) in [4.78, 5) is 10.3. The molecule has 7 nitrogen and oxygen atoms in total. The zero-order valence-electron chi connectivity index (χ0n) is 13.4. The van der Waals surface area contributed by atoms with Crippen molar-refractivity contribution in [3.63, 3.8) is 0 Å². The number of hydrogen-bond donors (Lipinski definition) is 2. The summed E-state index contributed by atoms with van der Waals surface area (Å²) in [6.45, 7) is 2.19. The van der Waals surface area contributed by atoms with E-state index >= 15 is 0 Å². The number of aromatic nitrogens is 3. The molecule has 3 N–H and O–H groups in total. The summed E-state index contributed by atoms with van der Waals surface area (Å²) in [7, 11) is 0. The number of fused-ring (bicyclic) bond motifs is 1. The van der Waals surface area contributed by atoms with E-state index < -0.39 is 0 Å². The molecule has 1 aliphatic rings. The van der Waals surface area contributed by atoms with Gasteiger partial charge in [0.2, 0.25) is 5.95 Å². The van der Waals surface area contributed by atoms with Gasteiger partial charge in [0.15, 0.2) is 5.82 Å². The van der Waals surface area contributed by atoms with Gasteiger partial charge in [-0.15, -0.1) is 0 Å². The van der Waals surface area contributed by atoms with Gasteiger partial charge in [-0.25, -0.2) is 14.4 Å². The lowest BCUT2D eigenvalue weighted by Crippen LogP contribution is -2.29. The average Bonchev–Trinajstić information content (AvgIpc) is 3.01. The van der Waals surface area contributed by atoms with Gasteiger partial charge in [-0.05, 0) is 12.1 Å². The first-order valence-corrected chi connectivity index (χ1v) is 7.97. The minimum atomic E-state index is -0.328. The molecule has 0 unspecified atom stereocenters. The number of nitrogen functional groups attached to an aromatic ring is 1. The largest absolute Gasteiger partial charge is 0.368 e. The summed E-state index contributed by atoms with van der Waals surface area (Å²) >= 11 is 0. The Morgan fingerprint density at radius 1 is 1.24 bits per heavy atom. The van der Waals surface area contributed by atoms with Crippen molar-refractivity contribution in [3.8, 4) is 0 Å². The highest BCUT2D eigenvalue weighted by molar-refractivity contribution is 5.60. The molecule has 0 spiro atoms. The van der Waals surface area contributed by atoms with E-state index in [4.69, 9.17) is 10.3 Å². The summed E-state index contributed by atoms with van der Waals surface area (Å²) in [5.74, 6) is 1.33. The Kier molecular flexibility index (Phi) is 4.02. The number of nitrogens with two attached hydrogens (primary N) is 1. The molecular weight excluding hydrogens is 323 g/mol. The van der Waals surface area contributed by atoms with Gasteiger partial charge in [0.05, 0.1) is 11.3 Å². The Morgan fingerprint density at radius 3 is 2.84 bits per heavy atom. The van der Waals surface area contributed by atoms with Gasteiger partial charge in [0, 0.05) is 44.0 Å². The monoisotopic (exact) mass is 340 g/mol. The fourth-order valence-corrected chi connectivity index (χ4v) is 2.89. The van der Waals surface area contributed by atoms with Crippen molar-refractivity contribution in [1.29, 1.82) is 0 Å². The predicted molar refractivity (Wildman–Crippen MR) is 90.4 cm³/mol. The highest BCUT2D eigenvalue weighted by atomic mass is 19.1. The van der Waals surface area contributed by atoms with Gasteiger partial charge in [-0.1, -0.05) is 17.3 Å². The topological polar surface area (TPSA) is 93.1 Å². The second-order valence-corrected chi connectivity index (χ2v) is 5.95. The summed E-state index contributed by atoms with van der Waals surface area (Å²) in [5.41, 5.74) is 7.83. The van der Waals surface area contributed by atoms with Crippen LogP contribution in [0.3, 0.4) is 0 Å². The molecular formula is C17H17FN6O. The van der Waals surface area contributed by atoms with Crippen molar-refractivity contribution in [3.05, 3.63) is 59.4 Å². The Balaban J connectivity index is 1.51. The molecule has 4 rings (SSSR count). The van der Waals surface area contributed by atoms with Crippen LogP contribution in [-0.2, 0) is 19.5 Å². The Labute approximate surface area is 143 Å². The molecule has 0 radical (unpaired) electrons. The van der Waals surface area contributed by atoms with E-state index in [0.717, 1.165) is 29.9 Å². The van der Waals surface area contributed by atoms with Crippen molar-refractivity contribution in [2.45, 2.75) is 19.5 Å². The first-order chi connectivity index (χ1) is 12.2. The predicted octanol–water partition coefficient (Wildman–Crippen LogP) is 2.49. The fraction of sp³-hybridized carbons (Fsp3) is 0.235. The van der Waals surface area contributed by atoms with E-state index in [1.165, 1.54) is 6.07 Å². The maximum atomic E-state index is 13.9. The van der Waals surface area contributed by atoms with Crippen LogP contribution in [0.1, 0.15) is 16.9 Å². The van der Waals surface area contributed by atoms with Gasteiger partial charge in [-0.2, -0.15) is 0 Å². The van der Waals surface area contributed by atoms with Crippen LogP contribution in [0.15, 0.2) is 41.2 Å². The lowest BCUT2D eigenvalue weighted by Gasteiger charge is -2.25. The van der Waals surface area contributed by atoms with Crippen molar-refractivity contribution < 1.29 is 8.91 Å². The van der Waals surface area contributed by atoms with Gasteiger partial charge >= 0.3 is 0 Å². The third-order valence-corrected chi connectivity index (χ3v) is 4.16. The number of para-hydroxylation sites is 1. The van der Waals surface area contributed by atoms with Crippen molar-refractivity contribution in [2.24, 2.45) is 0 Å². The molecule has 3 aromatic rings. The molecule has 0 bridgehead atoms. The molecule has 0 amide bonds. The first-order valence-electron chi connectivity index (χ1n) is 7.97. The van der Waals surface area contributed by atoms with Gasteiger partial charge in [0.1, 0.15) is 11.6 Å². The lowest BCUT2D eigenvalue weighted by molar-refractivity contribution is 0.228. The molecule has 0 aliphatic carbocycles. The van der Waals surface area contributed by atoms with Gasteiger partial charge in [-0.3, -0.25) is 4.90 Å². The normalized spacial score (nSPS) is 14.3. The highest BCUT2D eigenvalue weighted by Gasteiger charge is 2.24. The van der Waals surface area contributed by atoms with Crippen LogP contribution in [0.4, 0.5) is 21.8 Å². The lowest BCUT2D eigenvalue weighted by atomic mass is 10.1. The average molecular weight is 340 g/mol. The van der Waals surface area contributed by atoms with E-state index in [1.807, 2.05) is 0 Å². The number of halogens is 1. The molecule has 0 fully saturated rings. The van der Waals surface area contributed by atoms with Crippen molar-refractivity contribution in [1.82, 2.24) is 20.0 Å². The molecule has 8 heteroatoms. The summed E-state index contributed by atoms with van der Waals surface area (Å²) in [6.07, 6.45) is 4.20.